The summed E-state index contributed by atoms with van der Waals surface area (Å²) in [6, 6.07) is 8.76. The summed E-state index contributed by atoms with van der Waals surface area (Å²) in [4.78, 5) is 29.0. The van der Waals surface area contributed by atoms with Gasteiger partial charge in [0, 0.05) is 18.4 Å². The van der Waals surface area contributed by atoms with Crippen LogP contribution in [0.2, 0.25) is 5.02 Å². The van der Waals surface area contributed by atoms with Crippen LogP contribution in [0.5, 0.6) is 0 Å². The van der Waals surface area contributed by atoms with Crippen molar-refractivity contribution in [3.8, 4) is 0 Å². The van der Waals surface area contributed by atoms with Crippen LogP contribution in [0, 0.1) is 0 Å². The quantitative estimate of drug-likeness (QED) is 0.780. The first-order valence-corrected chi connectivity index (χ1v) is 9.33. The van der Waals surface area contributed by atoms with Crippen molar-refractivity contribution in [2.24, 2.45) is 0 Å². The summed E-state index contributed by atoms with van der Waals surface area (Å²) in [5.41, 5.74) is 1.23. The highest BCUT2D eigenvalue weighted by Crippen LogP contribution is 2.21. The van der Waals surface area contributed by atoms with E-state index in [0.29, 0.717) is 21.8 Å². The molecule has 3 rings (SSSR count). The lowest BCUT2D eigenvalue weighted by Gasteiger charge is -2.16. The molecule has 1 aliphatic rings. The molecule has 0 unspecified atom stereocenters. The van der Waals surface area contributed by atoms with Gasteiger partial charge in [0.25, 0.3) is 11.8 Å². The van der Waals surface area contributed by atoms with Crippen molar-refractivity contribution in [1.82, 2.24) is 10.3 Å². The monoisotopic (exact) mass is 371 g/mol. The maximum absolute atomic E-state index is 12.5. The third kappa shape index (κ3) is 4.82. The summed E-state index contributed by atoms with van der Waals surface area (Å²) in [5.74, 6) is -0.536. The van der Waals surface area contributed by atoms with E-state index in [0.717, 1.165) is 25.7 Å². The maximum atomic E-state index is 12.5. The Bertz CT molecular complexity index is 786. The van der Waals surface area contributed by atoms with Gasteiger partial charge in [-0.05, 0) is 31.0 Å². The molecule has 0 spiro atoms. The Morgan fingerprint density at radius 2 is 1.62 bits per heavy atom. The van der Waals surface area contributed by atoms with Crippen LogP contribution in [0.25, 0.3) is 0 Å². The van der Waals surface area contributed by atoms with E-state index in [1.165, 1.54) is 25.2 Å². The average Bonchev–Trinajstić information content (AvgIpc) is 2.92. The molecule has 2 aromatic rings. The minimum atomic E-state index is -0.352. The number of amides is 2. The van der Waals surface area contributed by atoms with Crippen molar-refractivity contribution in [2.75, 3.05) is 5.32 Å². The zero-order valence-electron chi connectivity index (χ0n) is 14.5. The second-order valence-electron chi connectivity index (χ2n) is 6.56. The lowest BCUT2D eigenvalue weighted by Crippen LogP contribution is -2.34. The number of aromatic nitrogens is 1. The van der Waals surface area contributed by atoms with Crippen LogP contribution in [0.3, 0.4) is 0 Å². The number of rotatable bonds is 4. The molecule has 1 aromatic carbocycles. The van der Waals surface area contributed by atoms with Crippen LogP contribution in [0.15, 0.2) is 42.7 Å². The van der Waals surface area contributed by atoms with Crippen molar-refractivity contribution < 1.29 is 9.59 Å². The topological polar surface area (TPSA) is 71.1 Å². The predicted molar refractivity (Wildman–Crippen MR) is 103 cm³/mol. The van der Waals surface area contributed by atoms with Crippen molar-refractivity contribution in [3.63, 3.8) is 0 Å². The number of pyridine rings is 1. The van der Waals surface area contributed by atoms with Crippen molar-refractivity contribution >= 4 is 29.1 Å². The number of benzene rings is 1. The van der Waals surface area contributed by atoms with Gasteiger partial charge in [-0.1, -0.05) is 49.4 Å². The summed E-state index contributed by atoms with van der Waals surface area (Å²) in [7, 11) is 0. The number of halogens is 1. The fraction of sp³-hybridized carbons (Fsp3) is 0.350. The Balaban J connectivity index is 1.68. The van der Waals surface area contributed by atoms with E-state index in [1.54, 1.807) is 30.3 Å². The molecule has 1 aromatic heterocycles. The molecule has 5 nitrogen and oxygen atoms in total. The van der Waals surface area contributed by atoms with Crippen LogP contribution in [0.1, 0.15) is 59.2 Å². The van der Waals surface area contributed by atoms with Gasteiger partial charge in [-0.25, -0.2) is 0 Å². The van der Waals surface area contributed by atoms with Crippen LogP contribution < -0.4 is 10.6 Å². The molecule has 0 aliphatic heterocycles. The molecule has 0 saturated heterocycles. The van der Waals surface area contributed by atoms with E-state index in [9.17, 15) is 9.59 Å². The number of hydrogen-bond donors (Lipinski definition) is 2. The van der Waals surface area contributed by atoms with Gasteiger partial charge in [-0.15, -0.1) is 0 Å². The number of carbonyl (C=O) groups is 2. The highest BCUT2D eigenvalue weighted by atomic mass is 35.5. The number of carbonyl (C=O) groups excluding carboxylic acids is 2. The molecule has 0 bridgehead atoms. The Hall–Kier alpha value is -2.40. The number of anilines is 1. The van der Waals surface area contributed by atoms with Gasteiger partial charge >= 0.3 is 0 Å². The highest BCUT2D eigenvalue weighted by molar-refractivity contribution is 6.33. The summed E-state index contributed by atoms with van der Waals surface area (Å²) < 4.78 is 0. The molecule has 2 N–H and O–H groups in total. The van der Waals surface area contributed by atoms with Gasteiger partial charge in [0.15, 0.2) is 0 Å². The van der Waals surface area contributed by atoms with Gasteiger partial charge in [0.05, 0.1) is 21.8 Å². The summed E-state index contributed by atoms with van der Waals surface area (Å²) in [6.45, 7) is 0. The normalized spacial score (nSPS) is 15.1. The first kappa shape index (κ1) is 18.4. The Morgan fingerprint density at radius 3 is 2.31 bits per heavy atom. The van der Waals surface area contributed by atoms with E-state index in [1.807, 2.05) is 0 Å². The molecule has 0 radical (unpaired) electrons. The summed E-state index contributed by atoms with van der Waals surface area (Å²) >= 11 is 6.06. The first-order valence-electron chi connectivity index (χ1n) is 8.95. The van der Waals surface area contributed by atoms with Gasteiger partial charge in [-0.3, -0.25) is 14.6 Å². The number of nitrogens with zero attached hydrogens (tertiary/aromatic N) is 1. The van der Waals surface area contributed by atoms with E-state index < -0.39 is 0 Å². The number of nitrogens with one attached hydrogen (secondary N) is 2. The van der Waals surface area contributed by atoms with Crippen molar-refractivity contribution in [2.45, 2.75) is 44.6 Å². The van der Waals surface area contributed by atoms with Crippen molar-refractivity contribution in [1.29, 1.82) is 0 Å². The number of hydrogen-bond acceptors (Lipinski definition) is 3. The Kier molecular flexibility index (Phi) is 6.23. The molecule has 26 heavy (non-hydrogen) atoms. The summed E-state index contributed by atoms with van der Waals surface area (Å²) in [6.07, 6.45) is 9.68. The van der Waals surface area contributed by atoms with Crippen LogP contribution in [-0.4, -0.2) is 22.8 Å². The predicted octanol–water partition coefficient (Wildman–Crippen LogP) is 4.44. The third-order valence-electron chi connectivity index (χ3n) is 4.58. The molecule has 1 fully saturated rings. The largest absolute Gasteiger partial charge is 0.349 e. The molecule has 0 atom stereocenters. The van der Waals surface area contributed by atoms with E-state index in [2.05, 4.69) is 15.6 Å². The van der Waals surface area contributed by atoms with Crippen LogP contribution in [0.4, 0.5) is 5.69 Å². The minimum absolute atomic E-state index is 0.184. The van der Waals surface area contributed by atoms with Gasteiger partial charge in [-0.2, -0.15) is 0 Å². The smallest absolute Gasteiger partial charge is 0.257 e. The lowest BCUT2D eigenvalue weighted by atomic mass is 10.1. The minimum Gasteiger partial charge on any atom is -0.349 e. The standard InChI is InChI=1S/C20H22ClN3O2/c21-17-9-5-6-10-18(17)24-20(26)15-11-14(12-22-13-15)19(25)23-16-7-3-1-2-4-8-16/h5-6,9-13,16H,1-4,7-8H2,(H,23,25)(H,24,26). The van der Waals surface area contributed by atoms with Gasteiger partial charge < -0.3 is 10.6 Å². The molecule has 6 heteroatoms. The zero-order chi connectivity index (χ0) is 18.4. The second kappa shape index (κ2) is 8.81. The van der Waals surface area contributed by atoms with Crippen LogP contribution in [-0.2, 0) is 0 Å². The molecule has 1 saturated carbocycles. The molecule has 2 amide bonds. The Morgan fingerprint density at radius 1 is 0.962 bits per heavy atom. The second-order valence-corrected chi connectivity index (χ2v) is 6.97. The highest BCUT2D eigenvalue weighted by Gasteiger charge is 2.17. The fourth-order valence-corrected chi connectivity index (χ4v) is 3.32. The summed E-state index contributed by atoms with van der Waals surface area (Å²) in [5, 5.41) is 6.26. The van der Waals surface area contributed by atoms with Crippen LogP contribution >= 0.6 is 11.6 Å². The first-order chi connectivity index (χ1) is 12.6. The maximum Gasteiger partial charge on any atom is 0.257 e. The lowest BCUT2D eigenvalue weighted by molar-refractivity contribution is 0.0933. The van der Waals surface area contributed by atoms with Gasteiger partial charge in [0.2, 0.25) is 0 Å². The van der Waals surface area contributed by atoms with E-state index in [-0.39, 0.29) is 17.9 Å². The molecule has 1 heterocycles. The molecule has 1 aliphatic carbocycles. The molecule has 136 valence electrons. The molecular formula is C20H22ClN3O2. The SMILES string of the molecule is O=C(Nc1ccccc1Cl)c1cncc(C(=O)NC2CCCCCC2)c1. The zero-order valence-corrected chi connectivity index (χ0v) is 15.3. The average molecular weight is 372 g/mol. The van der Waals surface area contributed by atoms with E-state index >= 15 is 0 Å². The molecular weight excluding hydrogens is 350 g/mol. The van der Waals surface area contributed by atoms with Crippen molar-refractivity contribution in [3.05, 3.63) is 58.9 Å². The third-order valence-corrected chi connectivity index (χ3v) is 4.90. The van der Waals surface area contributed by atoms with E-state index in [4.69, 9.17) is 11.6 Å². The van der Waals surface area contributed by atoms with Gasteiger partial charge in [0.1, 0.15) is 0 Å². The fourth-order valence-electron chi connectivity index (χ4n) is 3.14. The Labute approximate surface area is 158 Å². The number of para-hydroxylation sites is 1.